The minimum Gasteiger partial charge on any atom is -0.444 e. The molecule has 5 atom stereocenters. The van der Waals surface area contributed by atoms with Crippen molar-refractivity contribution >= 4 is 29.7 Å². The average molecular weight is 778 g/mol. The summed E-state index contributed by atoms with van der Waals surface area (Å²) in [7, 11) is 0. The molecule has 2 aromatic heterocycles. The third-order valence-corrected chi connectivity index (χ3v) is 6.91. The monoisotopic (exact) mass is 777 g/mol. The lowest BCUT2D eigenvalue weighted by Crippen LogP contribution is -2.57. The lowest BCUT2D eigenvalue weighted by atomic mass is 9.97. The molecule has 0 aromatic carbocycles. The molecular weight excluding hydrogens is 726 g/mol. The predicted molar refractivity (Wildman–Crippen MR) is 185 cm³/mol. The molecule has 0 bridgehead atoms. The van der Waals surface area contributed by atoms with Gasteiger partial charge in [-0.3, -0.25) is 10.6 Å². The van der Waals surface area contributed by atoms with E-state index in [1.54, 1.807) is 47.7 Å². The number of nitrogens with one attached hydrogen (secondary N) is 2. The van der Waals surface area contributed by atoms with Crippen LogP contribution in [0.2, 0.25) is 0 Å². The highest BCUT2D eigenvalue weighted by Crippen LogP contribution is 2.30. The average Bonchev–Trinajstić information content (AvgIpc) is 3.72. The Bertz CT molecular complexity index is 1400. The number of hydrogen-bond acceptors (Lipinski definition) is 17. The Morgan fingerprint density at radius 1 is 0.868 bits per heavy atom. The molecule has 2 unspecified atom stereocenters. The van der Waals surface area contributed by atoms with Crippen molar-refractivity contribution in [2.45, 2.75) is 103 Å². The molecule has 0 spiro atoms. The third kappa shape index (κ3) is 16.2. The van der Waals surface area contributed by atoms with Crippen LogP contribution >= 0.6 is 11.6 Å². The van der Waals surface area contributed by atoms with Crippen molar-refractivity contribution in [3.63, 3.8) is 0 Å². The van der Waals surface area contributed by atoms with E-state index in [4.69, 9.17) is 44.8 Å². The first-order chi connectivity index (χ1) is 25.1. The number of amides is 2. The molecule has 3 heterocycles. The quantitative estimate of drug-likeness (QED) is 0.0589. The van der Waals surface area contributed by atoms with Crippen LogP contribution in [0.25, 0.3) is 0 Å². The predicted octanol–water partition coefficient (Wildman–Crippen LogP) is 0.261. The standard InChI is InChI=1S/C31H52ClN9O12/c1-30(2,3)52-28(45)34-27(35-29(46)53-31(4,5)6)33-15-20-17-41(39-36-20)23-25(44)24(43)22(18-42)51-26(23)50-10-8-40-16-21(37-38-40)19-49-14-13-48-12-11-47-9-7-32/h16-17,22-26,42-44H,7-15,18-19H2,1-6H3,(H2,33,34,35,45,46)/t22?,23-,24-,25-,26?/m1/s1. The van der Waals surface area contributed by atoms with E-state index in [0.717, 1.165) is 0 Å². The van der Waals surface area contributed by atoms with Gasteiger partial charge in [0.2, 0.25) is 5.96 Å². The molecule has 300 valence electrons. The van der Waals surface area contributed by atoms with Gasteiger partial charge >= 0.3 is 12.2 Å². The minimum atomic E-state index is -1.49. The molecule has 53 heavy (non-hydrogen) atoms. The van der Waals surface area contributed by atoms with Gasteiger partial charge in [-0.1, -0.05) is 10.4 Å². The number of halogens is 1. The van der Waals surface area contributed by atoms with Crippen molar-refractivity contribution in [1.29, 1.82) is 0 Å². The number of nitrogens with zero attached hydrogens (tertiary/aromatic N) is 7. The van der Waals surface area contributed by atoms with E-state index >= 15 is 0 Å². The molecule has 2 aromatic rings. The van der Waals surface area contributed by atoms with Gasteiger partial charge in [0.15, 0.2) is 6.29 Å². The summed E-state index contributed by atoms with van der Waals surface area (Å²) < 4.78 is 41.3. The zero-order valence-corrected chi connectivity index (χ0v) is 31.6. The first-order valence-corrected chi connectivity index (χ1v) is 17.5. The Morgan fingerprint density at radius 2 is 1.47 bits per heavy atom. The molecule has 0 aliphatic carbocycles. The van der Waals surface area contributed by atoms with Gasteiger partial charge in [-0.15, -0.1) is 21.8 Å². The van der Waals surface area contributed by atoms with Crippen molar-refractivity contribution in [2.75, 3.05) is 52.1 Å². The number of aliphatic hydroxyl groups excluding tert-OH is 3. The Balaban J connectivity index is 1.61. The van der Waals surface area contributed by atoms with Gasteiger partial charge in [0, 0.05) is 5.88 Å². The van der Waals surface area contributed by atoms with E-state index < -0.39 is 60.6 Å². The normalized spacial score (nSPS) is 20.5. The second kappa shape index (κ2) is 21.4. The van der Waals surface area contributed by atoms with Crippen LogP contribution in [0.5, 0.6) is 0 Å². The molecule has 2 amide bonds. The fourth-order valence-corrected chi connectivity index (χ4v) is 4.65. The Hall–Kier alpha value is -3.54. The first-order valence-electron chi connectivity index (χ1n) is 17.0. The molecule has 1 aliphatic heterocycles. The van der Waals surface area contributed by atoms with Gasteiger partial charge in [0.1, 0.15) is 46.9 Å². The lowest BCUT2D eigenvalue weighted by molar-refractivity contribution is -0.282. The van der Waals surface area contributed by atoms with Crippen molar-refractivity contribution in [3.05, 3.63) is 23.8 Å². The molecule has 5 N–H and O–H groups in total. The maximum Gasteiger partial charge on any atom is 0.414 e. The van der Waals surface area contributed by atoms with Crippen LogP contribution in [0.4, 0.5) is 9.59 Å². The molecule has 1 saturated heterocycles. The number of rotatable bonds is 18. The second-order valence-electron chi connectivity index (χ2n) is 13.6. The summed E-state index contributed by atoms with van der Waals surface area (Å²) in [6.45, 7) is 11.9. The fraction of sp³-hybridized carbons (Fsp3) is 0.774. The molecule has 21 nitrogen and oxygen atoms in total. The number of alkyl halides is 1. The molecule has 3 rings (SSSR count). The third-order valence-electron chi connectivity index (χ3n) is 6.75. The van der Waals surface area contributed by atoms with Gasteiger partial charge in [0.25, 0.3) is 0 Å². The van der Waals surface area contributed by atoms with Gasteiger partial charge in [0.05, 0.1) is 78.3 Å². The van der Waals surface area contributed by atoms with E-state index in [2.05, 4.69) is 36.3 Å². The summed E-state index contributed by atoms with van der Waals surface area (Å²) in [5.74, 6) is 0.159. The number of carbonyl (C=O) groups excluding carboxylic acids is 2. The number of guanidine groups is 1. The number of aliphatic hydroxyl groups is 3. The molecule has 0 saturated carbocycles. The zero-order valence-electron chi connectivity index (χ0n) is 30.8. The molecule has 1 fully saturated rings. The van der Waals surface area contributed by atoms with Crippen molar-refractivity contribution < 1.29 is 58.1 Å². The van der Waals surface area contributed by atoms with Crippen LogP contribution in [0.3, 0.4) is 0 Å². The van der Waals surface area contributed by atoms with Crippen LogP contribution in [0.1, 0.15) is 59.0 Å². The van der Waals surface area contributed by atoms with Crippen LogP contribution < -0.4 is 10.6 Å². The van der Waals surface area contributed by atoms with E-state index in [9.17, 15) is 24.9 Å². The molecular formula is C31H52ClN9O12. The summed E-state index contributed by atoms with van der Waals surface area (Å²) in [5.41, 5.74) is -0.821. The maximum absolute atomic E-state index is 12.4. The SMILES string of the molecule is CC(C)(C)OC(=O)NC(=NCc1cn([C@H]2C(OCCn3cc(COCCOCCOCCCl)nn3)OC(CO)[C@@H](O)[C@@H]2O)nn1)NC(=O)OC(C)(C)C. The smallest absolute Gasteiger partial charge is 0.414 e. The second-order valence-corrected chi connectivity index (χ2v) is 14.0. The number of aliphatic imine (C=N–C) groups is 1. The first kappa shape index (κ1) is 43.9. The summed E-state index contributed by atoms with van der Waals surface area (Å²) in [6, 6.07) is -1.11. The largest absolute Gasteiger partial charge is 0.444 e. The van der Waals surface area contributed by atoms with Crippen LogP contribution in [0.15, 0.2) is 17.4 Å². The van der Waals surface area contributed by atoms with Crippen LogP contribution in [-0.4, -0.2) is 151 Å². The Labute approximate surface area is 312 Å². The highest BCUT2D eigenvalue weighted by Gasteiger charge is 2.46. The molecule has 22 heteroatoms. The zero-order chi connectivity index (χ0) is 39.0. The Kier molecular flexibility index (Phi) is 17.7. The minimum absolute atomic E-state index is 0.0350. The summed E-state index contributed by atoms with van der Waals surface area (Å²) in [4.78, 5) is 29.1. The van der Waals surface area contributed by atoms with Gasteiger partial charge in [-0.2, -0.15) is 0 Å². The summed E-state index contributed by atoms with van der Waals surface area (Å²) >= 11 is 5.55. The van der Waals surface area contributed by atoms with E-state index in [1.165, 1.54) is 15.6 Å². The van der Waals surface area contributed by atoms with E-state index in [-0.39, 0.29) is 38.0 Å². The van der Waals surface area contributed by atoms with Gasteiger partial charge in [-0.05, 0) is 41.5 Å². The topological polar surface area (TPSA) is 257 Å². The number of alkyl carbamates (subject to hydrolysis) is 2. The number of aromatic nitrogens is 6. The van der Waals surface area contributed by atoms with E-state index in [1.807, 2.05) is 0 Å². The van der Waals surface area contributed by atoms with Crippen LogP contribution in [-0.2, 0) is 52.9 Å². The highest BCUT2D eigenvalue weighted by molar-refractivity contribution is 6.17. The van der Waals surface area contributed by atoms with Gasteiger partial charge < -0.3 is 48.5 Å². The summed E-state index contributed by atoms with van der Waals surface area (Å²) in [6.07, 6.45) is -3.93. The lowest BCUT2D eigenvalue weighted by Gasteiger charge is -2.41. The molecule has 1 aliphatic rings. The van der Waals surface area contributed by atoms with Crippen molar-refractivity contribution in [1.82, 2.24) is 40.6 Å². The molecule has 0 radical (unpaired) electrons. The number of ether oxygens (including phenoxy) is 7. The van der Waals surface area contributed by atoms with Gasteiger partial charge in [-0.25, -0.2) is 23.9 Å². The highest BCUT2D eigenvalue weighted by atomic mass is 35.5. The van der Waals surface area contributed by atoms with Crippen molar-refractivity contribution in [2.24, 2.45) is 4.99 Å². The summed E-state index contributed by atoms with van der Waals surface area (Å²) in [5, 5.41) is 52.5. The maximum atomic E-state index is 12.4. The van der Waals surface area contributed by atoms with Crippen molar-refractivity contribution in [3.8, 4) is 0 Å². The number of hydrogen-bond donors (Lipinski definition) is 5. The van der Waals surface area contributed by atoms with E-state index in [0.29, 0.717) is 44.6 Å². The van der Waals surface area contributed by atoms with Crippen LogP contribution in [0, 0.1) is 0 Å². The number of carbonyl (C=O) groups is 2. The Morgan fingerprint density at radius 3 is 2.08 bits per heavy atom. The fourth-order valence-electron chi connectivity index (χ4n) is 4.54.